The van der Waals surface area contributed by atoms with Gasteiger partial charge in [-0.3, -0.25) is 4.79 Å². The van der Waals surface area contributed by atoms with Gasteiger partial charge < -0.3 is 5.11 Å². The van der Waals surface area contributed by atoms with Crippen LogP contribution in [0.5, 0.6) is 0 Å². The van der Waals surface area contributed by atoms with Crippen molar-refractivity contribution in [2.75, 3.05) is 5.75 Å². The van der Waals surface area contributed by atoms with E-state index >= 15 is 0 Å². The molecule has 0 amide bonds. The maximum Gasteiger partial charge on any atom is 0.309 e. The Morgan fingerprint density at radius 1 is 1.21 bits per heavy atom. The first kappa shape index (κ1) is 16.1. The zero-order valence-corrected chi connectivity index (χ0v) is 12.7. The minimum absolute atomic E-state index is 0.530. The highest BCUT2D eigenvalue weighted by Gasteiger charge is 2.35. The van der Waals surface area contributed by atoms with Crippen molar-refractivity contribution in [1.29, 1.82) is 0 Å². The van der Waals surface area contributed by atoms with E-state index in [2.05, 4.69) is 19.1 Å². The smallest absolute Gasteiger partial charge is 0.309 e. The van der Waals surface area contributed by atoms with Crippen LogP contribution in [0, 0.1) is 5.41 Å². The van der Waals surface area contributed by atoms with E-state index in [0.717, 1.165) is 37.9 Å². The van der Waals surface area contributed by atoms with Crippen LogP contribution in [0.4, 0.5) is 0 Å². The fraction of sp³-hybridized carbons (Fsp3) is 0.562. The van der Waals surface area contributed by atoms with Crippen molar-refractivity contribution in [3.8, 4) is 0 Å². The summed E-state index contributed by atoms with van der Waals surface area (Å²) in [6, 6.07) is 10.2. The average Bonchev–Trinajstić information content (AvgIpc) is 2.43. The van der Waals surface area contributed by atoms with Crippen molar-refractivity contribution in [2.45, 2.75) is 50.8 Å². The van der Waals surface area contributed by atoms with Gasteiger partial charge in [0.15, 0.2) is 0 Å². The quantitative estimate of drug-likeness (QED) is 0.658. The van der Waals surface area contributed by atoms with Gasteiger partial charge in [0.1, 0.15) is 0 Å². The number of hydrogen-bond donors (Lipinski definition) is 1. The number of carboxylic acids is 1. The molecule has 0 aliphatic carbocycles. The van der Waals surface area contributed by atoms with Crippen LogP contribution in [0.3, 0.4) is 0 Å². The highest BCUT2D eigenvalue weighted by atomic mass is 32.2. The Bertz CT molecular complexity index is 378. The Morgan fingerprint density at radius 3 is 2.42 bits per heavy atom. The highest BCUT2D eigenvalue weighted by Crippen LogP contribution is 2.35. The fourth-order valence-corrected chi connectivity index (χ4v) is 3.32. The molecule has 1 aromatic carbocycles. The van der Waals surface area contributed by atoms with E-state index in [1.165, 1.54) is 4.90 Å². The van der Waals surface area contributed by atoms with Crippen LogP contribution in [0.15, 0.2) is 35.2 Å². The SMILES string of the molecule is CCCCC(CC)(CCSc1ccccc1)C(=O)O. The number of rotatable bonds is 9. The highest BCUT2D eigenvalue weighted by molar-refractivity contribution is 7.99. The van der Waals surface area contributed by atoms with Crippen LogP contribution in [0.2, 0.25) is 0 Å². The maximum absolute atomic E-state index is 11.6. The molecule has 0 radical (unpaired) electrons. The Kier molecular flexibility index (Phi) is 7.00. The van der Waals surface area contributed by atoms with Crippen LogP contribution in [-0.2, 0) is 4.79 Å². The molecule has 3 heteroatoms. The van der Waals surface area contributed by atoms with E-state index in [1.54, 1.807) is 11.8 Å². The summed E-state index contributed by atoms with van der Waals surface area (Å²) in [6.45, 7) is 4.11. The Labute approximate surface area is 120 Å². The summed E-state index contributed by atoms with van der Waals surface area (Å²) < 4.78 is 0. The number of thioether (sulfide) groups is 1. The van der Waals surface area contributed by atoms with Gasteiger partial charge in [0, 0.05) is 4.90 Å². The molecule has 0 aliphatic rings. The molecule has 0 aromatic heterocycles. The Balaban J connectivity index is 2.55. The van der Waals surface area contributed by atoms with Crippen molar-refractivity contribution in [3.63, 3.8) is 0 Å². The minimum atomic E-state index is -0.628. The third-order valence-corrected chi connectivity index (χ3v) is 4.75. The lowest BCUT2D eigenvalue weighted by molar-refractivity contribution is -0.150. The van der Waals surface area contributed by atoms with E-state index in [9.17, 15) is 9.90 Å². The molecular formula is C16H24O2S. The summed E-state index contributed by atoms with van der Waals surface area (Å²) in [4.78, 5) is 12.8. The minimum Gasteiger partial charge on any atom is -0.481 e. The monoisotopic (exact) mass is 280 g/mol. The Hall–Kier alpha value is -0.960. The summed E-state index contributed by atoms with van der Waals surface area (Å²) in [5.74, 6) is 0.241. The lowest BCUT2D eigenvalue weighted by atomic mass is 9.78. The van der Waals surface area contributed by atoms with Crippen molar-refractivity contribution in [3.05, 3.63) is 30.3 Å². The molecule has 1 atom stereocenters. The second-order valence-electron chi connectivity index (χ2n) is 4.95. The van der Waals surface area contributed by atoms with Crippen LogP contribution in [0.25, 0.3) is 0 Å². The first-order valence-electron chi connectivity index (χ1n) is 7.06. The number of benzene rings is 1. The van der Waals surface area contributed by atoms with Crippen molar-refractivity contribution in [1.82, 2.24) is 0 Å². The molecule has 1 unspecified atom stereocenters. The van der Waals surface area contributed by atoms with Crippen LogP contribution in [-0.4, -0.2) is 16.8 Å². The zero-order chi connectivity index (χ0) is 14.1. The number of carbonyl (C=O) groups is 1. The predicted molar refractivity (Wildman–Crippen MR) is 81.7 cm³/mol. The van der Waals surface area contributed by atoms with Gasteiger partial charge in [-0.1, -0.05) is 44.9 Å². The molecule has 1 rings (SSSR count). The maximum atomic E-state index is 11.6. The number of carboxylic acid groups (broad SMARTS) is 1. The molecule has 2 nitrogen and oxygen atoms in total. The number of aliphatic carboxylic acids is 1. The lowest BCUT2D eigenvalue weighted by Crippen LogP contribution is -2.31. The first-order chi connectivity index (χ1) is 9.14. The molecule has 0 fully saturated rings. The van der Waals surface area contributed by atoms with Gasteiger partial charge in [-0.15, -0.1) is 11.8 Å². The van der Waals surface area contributed by atoms with Gasteiger partial charge in [-0.25, -0.2) is 0 Å². The van der Waals surface area contributed by atoms with E-state index in [-0.39, 0.29) is 0 Å². The second-order valence-corrected chi connectivity index (χ2v) is 6.12. The van der Waals surface area contributed by atoms with Crippen LogP contribution < -0.4 is 0 Å². The van der Waals surface area contributed by atoms with Gasteiger partial charge in [0.2, 0.25) is 0 Å². The molecule has 0 spiro atoms. The van der Waals surface area contributed by atoms with E-state index < -0.39 is 11.4 Å². The fourth-order valence-electron chi connectivity index (χ4n) is 2.24. The van der Waals surface area contributed by atoms with Crippen molar-refractivity contribution >= 4 is 17.7 Å². The summed E-state index contributed by atoms with van der Waals surface area (Å²) in [5, 5.41) is 9.54. The van der Waals surface area contributed by atoms with Gasteiger partial charge in [-0.05, 0) is 37.1 Å². The lowest BCUT2D eigenvalue weighted by Gasteiger charge is -2.28. The third-order valence-electron chi connectivity index (χ3n) is 3.73. The molecule has 0 heterocycles. The molecule has 1 N–H and O–H groups in total. The number of hydrogen-bond acceptors (Lipinski definition) is 2. The van der Waals surface area contributed by atoms with E-state index in [0.29, 0.717) is 0 Å². The summed E-state index contributed by atoms with van der Waals surface area (Å²) in [5.41, 5.74) is -0.530. The van der Waals surface area contributed by atoms with Crippen molar-refractivity contribution < 1.29 is 9.90 Å². The first-order valence-corrected chi connectivity index (χ1v) is 8.04. The van der Waals surface area contributed by atoms with E-state index in [4.69, 9.17) is 0 Å². The van der Waals surface area contributed by atoms with E-state index in [1.807, 2.05) is 25.1 Å². The zero-order valence-electron chi connectivity index (χ0n) is 11.9. The molecule has 0 aliphatic heterocycles. The predicted octanol–water partition coefficient (Wildman–Crippen LogP) is 4.84. The van der Waals surface area contributed by atoms with Gasteiger partial charge in [0.05, 0.1) is 5.41 Å². The van der Waals surface area contributed by atoms with Gasteiger partial charge in [0.25, 0.3) is 0 Å². The molecular weight excluding hydrogens is 256 g/mol. The molecule has 0 saturated heterocycles. The molecule has 0 saturated carbocycles. The van der Waals surface area contributed by atoms with Crippen molar-refractivity contribution in [2.24, 2.45) is 5.41 Å². The third kappa shape index (κ3) is 4.90. The largest absolute Gasteiger partial charge is 0.481 e. The normalized spacial score (nSPS) is 14.0. The summed E-state index contributed by atoms with van der Waals surface area (Å²) in [6.07, 6.45) is 4.32. The second kappa shape index (κ2) is 8.26. The average molecular weight is 280 g/mol. The van der Waals surface area contributed by atoms with Crippen LogP contribution >= 0.6 is 11.8 Å². The molecule has 1 aromatic rings. The molecule has 106 valence electrons. The summed E-state index contributed by atoms with van der Waals surface area (Å²) in [7, 11) is 0. The topological polar surface area (TPSA) is 37.3 Å². The standard InChI is InChI=1S/C16H24O2S/c1-3-5-11-16(4-2,15(17)18)12-13-19-14-9-7-6-8-10-14/h6-10H,3-5,11-13H2,1-2H3,(H,17,18). The van der Waals surface area contributed by atoms with Crippen LogP contribution in [0.1, 0.15) is 46.0 Å². The molecule has 0 bridgehead atoms. The Morgan fingerprint density at radius 2 is 1.89 bits per heavy atom. The molecule has 19 heavy (non-hydrogen) atoms. The van der Waals surface area contributed by atoms with Gasteiger partial charge in [-0.2, -0.15) is 0 Å². The van der Waals surface area contributed by atoms with Gasteiger partial charge >= 0.3 is 5.97 Å². The summed E-state index contributed by atoms with van der Waals surface area (Å²) >= 11 is 1.75. The number of unbranched alkanes of at least 4 members (excludes halogenated alkanes) is 1.